The lowest BCUT2D eigenvalue weighted by atomic mass is 10.2. The molecular formula is C13H12Cl2N4O3S2. The highest BCUT2D eigenvalue weighted by Gasteiger charge is 2.30. The van der Waals surface area contributed by atoms with Gasteiger partial charge in [0.25, 0.3) is 0 Å². The second-order valence-corrected chi connectivity index (χ2v) is 8.34. The second-order valence-electron chi connectivity index (χ2n) is 4.58. The molecule has 128 valence electrons. The molecule has 2 heterocycles. The number of thiazole rings is 1. The van der Waals surface area contributed by atoms with E-state index in [4.69, 9.17) is 23.2 Å². The van der Waals surface area contributed by atoms with Gasteiger partial charge in [0.1, 0.15) is 15.2 Å². The van der Waals surface area contributed by atoms with Crippen molar-refractivity contribution in [2.24, 2.45) is 0 Å². The Hall–Kier alpha value is -1.52. The van der Waals surface area contributed by atoms with E-state index < -0.39 is 20.7 Å². The van der Waals surface area contributed by atoms with Crippen LogP contribution in [0.25, 0.3) is 0 Å². The van der Waals surface area contributed by atoms with E-state index in [1.54, 1.807) is 11.6 Å². The van der Waals surface area contributed by atoms with Crippen LogP contribution in [0.15, 0.2) is 34.8 Å². The van der Waals surface area contributed by atoms with E-state index in [2.05, 4.69) is 15.3 Å². The number of Topliss-reactive ketones (excluding diaryl/α,β-unsaturated/α-hetero) is 1. The van der Waals surface area contributed by atoms with Crippen LogP contribution in [0.5, 0.6) is 0 Å². The summed E-state index contributed by atoms with van der Waals surface area (Å²) >= 11 is 12.9. The molecular weight excluding hydrogens is 395 g/mol. The predicted octanol–water partition coefficient (Wildman–Crippen LogP) is 2.87. The van der Waals surface area contributed by atoms with Crippen molar-refractivity contribution in [3.8, 4) is 0 Å². The molecule has 0 atom stereocenters. The van der Waals surface area contributed by atoms with Crippen molar-refractivity contribution in [3.63, 3.8) is 0 Å². The van der Waals surface area contributed by atoms with Crippen molar-refractivity contribution in [3.05, 3.63) is 50.7 Å². The van der Waals surface area contributed by atoms with Crippen LogP contribution in [0.3, 0.4) is 0 Å². The Labute approximate surface area is 153 Å². The quantitative estimate of drug-likeness (QED) is 0.450. The molecule has 0 fully saturated rings. The summed E-state index contributed by atoms with van der Waals surface area (Å²) in [7, 11) is -1.38. The SMILES string of the molecule is CN(C)S(=O)(=O)C(=CNc1nccs1)C(=O)c1ccc(Cl)nc1Cl. The van der Waals surface area contributed by atoms with Crippen molar-refractivity contribution in [2.45, 2.75) is 0 Å². The van der Waals surface area contributed by atoms with Gasteiger partial charge in [-0.1, -0.05) is 23.2 Å². The van der Waals surface area contributed by atoms with Crippen molar-refractivity contribution in [1.29, 1.82) is 0 Å². The molecule has 0 saturated heterocycles. The molecule has 1 N–H and O–H groups in total. The standard InChI is InChI=1S/C13H12Cl2N4O3S2/c1-19(2)24(21,22)9(7-17-13-16-5-6-23-13)11(20)8-3-4-10(14)18-12(8)15/h3-7H,1-2H3,(H,16,17). The zero-order valence-electron chi connectivity index (χ0n) is 12.5. The van der Waals surface area contributed by atoms with Crippen LogP contribution in [-0.2, 0) is 10.0 Å². The first-order valence-electron chi connectivity index (χ1n) is 6.39. The highest BCUT2D eigenvalue weighted by Crippen LogP contribution is 2.23. The summed E-state index contributed by atoms with van der Waals surface area (Å²) < 4.78 is 25.9. The molecule has 0 saturated carbocycles. The molecule has 24 heavy (non-hydrogen) atoms. The summed E-state index contributed by atoms with van der Waals surface area (Å²) in [6.07, 6.45) is 2.63. The minimum Gasteiger partial charge on any atom is -0.337 e. The summed E-state index contributed by atoms with van der Waals surface area (Å²) in [5, 5.41) is 4.76. The van der Waals surface area contributed by atoms with Crippen molar-refractivity contribution < 1.29 is 13.2 Å². The van der Waals surface area contributed by atoms with Gasteiger partial charge in [-0.15, -0.1) is 11.3 Å². The van der Waals surface area contributed by atoms with Gasteiger partial charge in [0, 0.05) is 31.9 Å². The van der Waals surface area contributed by atoms with E-state index in [-0.39, 0.29) is 15.9 Å². The average molecular weight is 407 g/mol. The number of allylic oxidation sites excluding steroid dienone is 1. The predicted molar refractivity (Wildman–Crippen MR) is 95.0 cm³/mol. The molecule has 0 spiro atoms. The first kappa shape index (κ1) is 18.8. The number of aromatic nitrogens is 2. The molecule has 2 aromatic heterocycles. The molecule has 0 aliphatic rings. The topological polar surface area (TPSA) is 92.3 Å². The maximum absolute atomic E-state index is 12.7. The van der Waals surface area contributed by atoms with E-state index in [0.29, 0.717) is 5.13 Å². The van der Waals surface area contributed by atoms with Gasteiger partial charge in [-0.25, -0.2) is 22.7 Å². The third-order valence-corrected chi connectivity index (χ3v) is 5.82. The molecule has 0 bridgehead atoms. The molecule has 0 aliphatic heterocycles. The summed E-state index contributed by atoms with van der Waals surface area (Å²) in [6.45, 7) is 0. The van der Waals surface area contributed by atoms with Crippen molar-refractivity contribution in [2.75, 3.05) is 19.4 Å². The lowest BCUT2D eigenvalue weighted by Crippen LogP contribution is -2.28. The van der Waals surface area contributed by atoms with Crippen LogP contribution in [0, 0.1) is 0 Å². The van der Waals surface area contributed by atoms with E-state index >= 15 is 0 Å². The van der Waals surface area contributed by atoms with Gasteiger partial charge >= 0.3 is 0 Å². The number of rotatable bonds is 6. The molecule has 2 aromatic rings. The summed E-state index contributed by atoms with van der Waals surface area (Å²) in [5.41, 5.74) is -0.0707. The molecule has 0 unspecified atom stereocenters. The Kier molecular flexibility index (Phi) is 5.94. The number of carbonyl (C=O) groups excluding carboxylic acids is 1. The van der Waals surface area contributed by atoms with E-state index in [1.165, 1.54) is 37.6 Å². The van der Waals surface area contributed by atoms with Gasteiger partial charge < -0.3 is 5.32 Å². The molecule has 0 amide bonds. The summed E-state index contributed by atoms with van der Waals surface area (Å²) in [4.78, 5) is 19.9. The minimum absolute atomic E-state index is 0.0707. The lowest BCUT2D eigenvalue weighted by Gasteiger charge is -2.14. The number of ketones is 1. The number of sulfonamides is 1. The molecule has 0 aromatic carbocycles. The number of carbonyl (C=O) groups is 1. The van der Waals surface area contributed by atoms with Crippen LogP contribution in [0.1, 0.15) is 10.4 Å². The number of nitrogens with zero attached hydrogens (tertiary/aromatic N) is 3. The van der Waals surface area contributed by atoms with Gasteiger partial charge in [0.05, 0.1) is 5.56 Å². The van der Waals surface area contributed by atoms with Crippen molar-refractivity contribution in [1.82, 2.24) is 14.3 Å². The van der Waals surface area contributed by atoms with E-state index in [1.807, 2.05) is 0 Å². The minimum atomic E-state index is -4.03. The molecule has 7 nitrogen and oxygen atoms in total. The second kappa shape index (κ2) is 7.58. The third kappa shape index (κ3) is 4.11. The normalized spacial score (nSPS) is 12.5. The first-order chi connectivity index (χ1) is 11.2. The Bertz CT molecular complexity index is 881. The molecule has 2 rings (SSSR count). The Morgan fingerprint density at radius 1 is 1.33 bits per heavy atom. The van der Waals surface area contributed by atoms with Gasteiger partial charge in [-0.05, 0) is 12.1 Å². The number of hydrogen-bond acceptors (Lipinski definition) is 7. The van der Waals surface area contributed by atoms with Crippen LogP contribution < -0.4 is 5.32 Å². The van der Waals surface area contributed by atoms with Gasteiger partial charge in [-0.2, -0.15) is 0 Å². The average Bonchev–Trinajstić information content (AvgIpc) is 3.00. The van der Waals surface area contributed by atoms with Gasteiger partial charge in [0.2, 0.25) is 15.8 Å². The fourth-order valence-electron chi connectivity index (χ4n) is 1.59. The molecule has 0 radical (unpaired) electrons. The third-order valence-electron chi connectivity index (χ3n) is 2.80. The highest BCUT2D eigenvalue weighted by atomic mass is 35.5. The number of halogens is 2. The van der Waals surface area contributed by atoms with Crippen LogP contribution in [0.4, 0.5) is 5.13 Å². The van der Waals surface area contributed by atoms with Crippen LogP contribution in [0.2, 0.25) is 10.3 Å². The molecule has 0 aliphatic carbocycles. The fraction of sp³-hybridized carbons (Fsp3) is 0.154. The maximum Gasteiger partial charge on any atom is 0.247 e. The van der Waals surface area contributed by atoms with Crippen molar-refractivity contribution >= 4 is 55.5 Å². The summed E-state index contributed by atoms with van der Waals surface area (Å²) in [6, 6.07) is 2.68. The lowest BCUT2D eigenvalue weighted by molar-refractivity contribution is 0.104. The number of nitrogens with one attached hydrogen (secondary N) is 1. The van der Waals surface area contributed by atoms with E-state index in [0.717, 1.165) is 10.5 Å². The monoisotopic (exact) mass is 406 g/mol. The highest BCUT2D eigenvalue weighted by molar-refractivity contribution is 7.94. The van der Waals surface area contributed by atoms with Crippen LogP contribution in [-0.4, -0.2) is 42.6 Å². The Balaban J connectivity index is 2.49. The first-order valence-corrected chi connectivity index (χ1v) is 9.46. The number of pyridine rings is 1. The Morgan fingerprint density at radius 2 is 2.04 bits per heavy atom. The Morgan fingerprint density at radius 3 is 2.58 bits per heavy atom. The number of anilines is 1. The van der Waals surface area contributed by atoms with Crippen LogP contribution >= 0.6 is 34.5 Å². The zero-order valence-corrected chi connectivity index (χ0v) is 15.7. The van der Waals surface area contributed by atoms with Gasteiger partial charge in [-0.3, -0.25) is 4.79 Å². The fourth-order valence-corrected chi connectivity index (χ4v) is 3.47. The number of hydrogen-bond donors (Lipinski definition) is 1. The van der Waals surface area contributed by atoms with E-state index in [9.17, 15) is 13.2 Å². The smallest absolute Gasteiger partial charge is 0.247 e. The largest absolute Gasteiger partial charge is 0.337 e. The zero-order chi connectivity index (χ0) is 17.9. The van der Waals surface area contributed by atoms with Gasteiger partial charge in [0.15, 0.2) is 5.13 Å². The summed E-state index contributed by atoms with van der Waals surface area (Å²) in [5.74, 6) is -0.804. The maximum atomic E-state index is 12.7. The molecule has 11 heteroatoms.